The molecule has 15 heavy (non-hydrogen) atoms. The summed E-state index contributed by atoms with van der Waals surface area (Å²) in [6.45, 7) is 4.81. The van der Waals surface area contributed by atoms with Gasteiger partial charge in [0.05, 0.1) is 0 Å². The minimum absolute atomic E-state index is 0.880. The number of hydrogen-bond donors (Lipinski definition) is 1. The van der Waals surface area contributed by atoms with Crippen molar-refractivity contribution in [3.63, 3.8) is 0 Å². The molecule has 2 rings (SSSR count). The van der Waals surface area contributed by atoms with Crippen LogP contribution in [0, 0.1) is 5.92 Å². The van der Waals surface area contributed by atoms with Crippen molar-refractivity contribution in [2.24, 2.45) is 5.92 Å². The normalized spacial score (nSPS) is 17.0. The Balaban J connectivity index is 1.68. The van der Waals surface area contributed by atoms with Crippen molar-refractivity contribution < 1.29 is 0 Å². The first-order valence-electron chi connectivity index (χ1n) is 5.36. The van der Waals surface area contributed by atoms with Crippen LogP contribution in [-0.4, -0.2) is 38.1 Å². The standard InChI is InChI=1S/C11H17BrN2S/c1-14(7-9-5-13-6-9)3-2-11-4-10(12)8-15-11/h4,8-9,13H,2-3,5-7H2,1H3. The molecule has 0 aliphatic carbocycles. The summed E-state index contributed by atoms with van der Waals surface area (Å²) in [5.41, 5.74) is 0. The molecule has 1 N–H and O–H groups in total. The Labute approximate surface area is 104 Å². The summed E-state index contributed by atoms with van der Waals surface area (Å²) in [6.07, 6.45) is 1.17. The van der Waals surface area contributed by atoms with Gasteiger partial charge in [-0.15, -0.1) is 11.3 Å². The number of nitrogens with zero attached hydrogens (tertiary/aromatic N) is 1. The van der Waals surface area contributed by atoms with Gasteiger partial charge in [-0.3, -0.25) is 0 Å². The molecule has 2 heterocycles. The Morgan fingerprint density at radius 3 is 2.93 bits per heavy atom. The molecule has 0 amide bonds. The van der Waals surface area contributed by atoms with Gasteiger partial charge in [-0.25, -0.2) is 0 Å². The third kappa shape index (κ3) is 3.55. The first kappa shape index (κ1) is 11.6. The third-order valence-electron chi connectivity index (χ3n) is 2.80. The van der Waals surface area contributed by atoms with Gasteiger partial charge in [-0.1, -0.05) is 0 Å². The first-order chi connectivity index (χ1) is 7.24. The average Bonchev–Trinajstić information content (AvgIpc) is 2.55. The van der Waals surface area contributed by atoms with E-state index in [0.29, 0.717) is 0 Å². The van der Waals surface area contributed by atoms with E-state index in [-0.39, 0.29) is 0 Å². The van der Waals surface area contributed by atoms with Crippen molar-refractivity contribution in [3.8, 4) is 0 Å². The highest BCUT2D eigenvalue weighted by molar-refractivity contribution is 9.10. The summed E-state index contributed by atoms with van der Waals surface area (Å²) in [4.78, 5) is 3.92. The van der Waals surface area contributed by atoms with E-state index in [4.69, 9.17) is 0 Å². The highest BCUT2D eigenvalue weighted by Crippen LogP contribution is 2.20. The molecule has 0 radical (unpaired) electrons. The predicted octanol–water partition coefficient (Wildman–Crippen LogP) is 2.20. The van der Waals surface area contributed by atoms with E-state index in [1.54, 1.807) is 0 Å². The second-order valence-electron chi connectivity index (χ2n) is 4.27. The van der Waals surface area contributed by atoms with Crippen LogP contribution in [0.15, 0.2) is 15.9 Å². The summed E-state index contributed by atoms with van der Waals surface area (Å²) in [5.74, 6) is 0.880. The Morgan fingerprint density at radius 1 is 1.60 bits per heavy atom. The van der Waals surface area contributed by atoms with Gasteiger partial charge in [0.15, 0.2) is 0 Å². The van der Waals surface area contributed by atoms with Crippen LogP contribution in [0.3, 0.4) is 0 Å². The van der Waals surface area contributed by atoms with Crippen LogP contribution in [0.4, 0.5) is 0 Å². The van der Waals surface area contributed by atoms with Crippen LogP contribution < -0.4 is 5.32 Å². The second kappa shape index (κ2) is 5.43. The molecule has 1 aromatic rings. The van der Waals surface area contributed by atoms with E-state index < -0.39 is 0 Å². The summed E-state index contributed by atoms with van der Waals surface area (Å²) >= 11 is 5.33. The van der Waals surface area contributed by atoms with E-state index >= 15 is 0 Å². The third-order valence-corrected chi connectivity index (χ3v) is 4.55. The van der Waals surface area contributed by atoms with Gasteiger partial charge < -0.3 is 10.2 Å². The molecule has 0 spiro atoms. The van der Waals surface area contributed by atoms with E-state index in [1.165, 1.54) is 41.9 Å². The number of halogens is 1. The molecule has 1 fully saturated rings. The van der Waals surface area contributed by atoms with Crippen LogP contribution in [0.1, 0.15) is 4.88 Å². The predicted molar refractivity (Wildman–Crippen MR) is 69.6 cm³/mol. The molecule has 4 heteroatoms. The lowest BCUT2D eigenvalue weighted by molar-refractivity contribution is 0.226. The second-order valence-corrected chi connectivity index (χ2v) is 6.18. The fourth-order valence-electron chi connectivity index (χ4n) is 1.80. The molecular formula is C11H17BrN2S. The van der Waals surface area contributed by atoms with Crippen molar-refractivity contribution in [1.29, 1.82) is 0 Å². The van der Waals surface area contributed by atoms with Crippen LogP contribution in [0.5, 0.6) is 0 Å². The van der Waals surface area contributed by atoms with Gasteiger partial charge in [0.2, 0.25) is 0 Å². The zero-order valence-electron chi connectivity index (χ0n) is 9.00. The maximum absolute atomic E-state index is 3.49. The van der Waals surface area contributed by atoms with Crippen molar-refractivity contribution >= 4 is 27.3 Å². The topological polar surface area (TPSA) is 15.3 Å². The van der Waals surface area contributed by atoms with Gasteiger partial charge >= 0.3 is 0 Å². The molecule has 0 atom stereocenters. The summed E-state index contributed by atoms with van der Waals surface area (Å²) < 4.78 is 1.22. The molecule has 0 saturated carbocycles. The van der Waals surface area contributed by atoms with E-state index in [0.717, 1.165) is 5.92 Å². The Bertz CT molecular complexity index is 309. The quantitative estimate of drug-likeness (QED) is 0.894. The maximum Gasteiger partial charge on any atom is 0.0285 e. The minimum Gasteiger partial charge on any atom is -0.316 e. The van der Waals surface area contributed by atoms with E-state index in [2.05, 4.69) is 44.6 Å². The minimum atomic E-state index is 0.880. The van der Waals surface area contributed by atoms with Crippen molar-refractivity contribution in [1.82, 2.24) is 10.2 Å². The molecule has 1 saturated heterocycles. The van der Waals surface area contributed by atoms with Crippen molar-refractivity contribution in [2.45, 2.75) is 6.42 Å². The first-order valence-corrected chi connectivity index (χ1v) is 7.03. The monoisotopic (exact) mass is 288 g/mol. The Morgan fingerprint density at radius 2 is 2.40 bits per heavy atom. The van der Waals surface area contributed by atoms with Crippen LogP contribution in [0.2, 0.25) is 0 Å². The molecule has 0 bridgehead atoms. The highest BCUT2D eigenvalue weighted by atomic mass is 79.9. The smallest absolute Gasteiger partial charge is 0.0285 e. The van der Waals surface area contributed by atoms with Gasteiger partial charge in [-0.2, -0.15) is 0 Å². The van der Waals surface area contributed by atoms with Gasteiger partial charge in [0.1, 0.15) is 0 Å². The molecule has 1 aromatic heterocycles. The van der Waals surface area contributed by atoms with E-state index in [1.807, 2.05) is 11.3 Å². The van der Waals surface area contributed by atoms with Gasteiger partial charge in [0, 0.05) is 40.9 Å². The SMILES string of the molecule is CN(CCc1cc(Br)cs1)CC1CNC1. The lowest BCUT2D eigenvalue weighted by Crippen LogP contribution is -2.47. The maximum atomic E-state index is 3.49. The fraction of sp³-hybridized carbons (Fsp3) is 0.636. The molecule has 0 aromatic carbocycles. The summed E-state index contributed by atoms with van der Waals surface area (Å²) in [7, 11) is 2.22. The largest absolute Gasteiger partial charge is 0.316 e. The molecule has 1 aliphatic heterocycles. The fourth-order valence-corrected chi connectivity index (χ4v) is 3.24. The Hall–Kier alpha value is 0.1000. The number of hydrogen-bond acceptors (Lipinski definition) is 3. The summed E-state index contributed by atoms with van der Waals surface area (Å²) in [6, 6.07) is 2.23. The van der Waals surface area contributed by atoms with Crippen molar-refractivity contribution in [2.75, 3.05) is 33.2 Å². The lowest BCUT2D eigenvalue weighted by Gasteiger charge is -2.31. The molecule has 1 aliphatic rings. The molecule has 84 valence electrons. The van der Waals surface area contributed by atoms with Crippen LogP contribution in [0.25, 0.3) is 0 Å². The zero-order chi connectivity index (χ0) is 10.7. The van der Waals surface area contributed by atoms with Crippen LogP contribution in [-0.2, 0) is 6.42 Å². The highest BCUT2D eigenvalue weighted by Gasteiger charge is 2.18. The molecule has 0 unspecified atom stereocenters. The van der Waals surface area contributed by atoms with Gasteiger partial charge in [-0.05, 0) is 41.4 Å². The molecular weight excluding hydrogens is 272 g/mol. The van der Waals surface area contributed by atoms with Crippen molar-refractivity contribution in [3.05, 3.63) is 20.8 Å². The Kier molecular flexibility index (Phi) is 4.20. The van der Waals surface area contributed by atoms with Gasteiger partial charge in [0.25, 0.3) is 0 Å². The number of thiophene rings is 1. The lowest BCUT2D eigenvalue weighted by atomic mass is 10.0. The van der Waals surface area contributed by atoms with Crippen LogP contribution >= 0.6 is 27.3 Å². The molecule has 2 nitrogen and oxygen atoms in total. The van der Waals surface area contributed by atoms with E-state index in [9.17, 15) is 0 Å². The number of likely N-dealkylation sites (N-methyl/N-ethyl adjacent to an activating group) is 1. The zero-order valence-corrected chi connectivity index (χ0v) is 11.4. The average molecular weight is 289 g/mol. The summed E-state index contributed by atoms with van der Waals surface area (Å²) in [5, 5.41) is 5.47. The number of rotatable bonds is 5. The number of nitrogens with one attached hydrogen (secondary N) is 1.